The third-order valence-electron chi connectivity index (χ3n) is 4.63. The minimum atomic E-state index is -0.469. The van der Waals surface area contributed by atoms with Crippen LogP contribution in [0.4, 0.5) is 5.95 Å². The summed E-state index contributed by atoms with van der Waals surface area (Å²) in [5.74, 6) is 1.19. The van der Waals surface area contributed by atoms with Gasteiger partial charge in [0.1, 0.15) is 5.75 Å². The van der Waals surface area contributed by atoms with Crippen molar-refractivity contribution in [2.45, 2.75) is 25.7 Å². The number of carbonyl (C=O) groups is 1. The number of anilines is 1. The first kappa shape index (κ1) is 17.2. The fraction of sp³-hybridized carbons (Fsp3) is 0.250. The molecule has 1 aliphatic rings. The number of aryl methyl sites for hydroxylation is 1. The topological polar surface area (TPSA) is 88.2 Å². The summed E-state index contributed by atoms with van der Waals surface area (Å²) < 4.78 is 5.29. The van der Waals surface area contributed by atoms with Gasteiger partial charge in [0.25, 0.3) is 0 Å². The highest BCUT2D eigenvalue weighted by Crippen LogP contribution is 2.24. The molecule has 0 saturated carbocycles. The molecule has 2 heterocycles. The van der Waals surface area contributed by atoms with Gasteiger partial charge in [-0.2, -0.15) is 0 Å². The molecule has 3 aromatic rings. The summed E-state index contributed by atoms with van der Waals surface area (Å²) in [5, 5.41) is 10.5. The first-order valence-electron chi connectivity index (χ1n) is 8.81. The maximum Gasteiger partial charge on any atom is 0.226 e. The van der Waals surface area contributed by atoms with Crippen molar-refractivity contribution in [3.8, 4) is 5.75 Å². The zero-order valence-corrected chi connectivity index (χ0v) is 15.2. The molecule has 1 fully saturated rings. The third kappa shape index (κ3) is 3.68. The lowest BCUT2D eigenvalue weighted by molar-refractivity contribution is -0.124. The van der Waals surface area contributed by atoms with Crippen LogP contribution in [0.25, 0.3) is 10.9 Å². The summed E-state index contributed by atoms with van der Waals surface area (Å²) in [6.07, 6.45) is -0.119. The zero-order chi connectivity index (χ0) is 18.8. The third-order valence-corrected chi connectivity index (χ3v) is 4.63. The summed E-state index contributed by atoms with van der Waals surface area (Å²) in [7, 11) is 1.63. The van der Waals surface area contributed by atoms with Gasteiger partial charge in [0.2, 0.25) is 11.9 Å². The monoisotopic (exact) mass is 363 g/mol. The lowest BCUT2D eigenvalue weighted by Crippen LogP contribution is -2.56. The van der Waals surface area contributed by atoms with Crippen molar-refractivity contribution in [1.82, 2.24) is 20.6 Å². The van der Waals surface area contributed by atoms with Crippen molar-refractivity contribution in [3.05, 3.63) is 59.8 Å². The number of amides is 1. The Morgan fingerprint density at radius 2 is 2.00 bits per heavy atom. The molecular formula is C20H21N5O2. The Kier molecular flexibility index (Phi) is 4.60. The zero-order valence-electron chi connectivity index (χ0n) is 15.2. The van der Waals surface area contributed by atoms with Gasteiger partial charge < -0.3 is 15.4 Å². The highest BCUT2D eigenvalue weighted by molar-refractivity contribution is 5.82. The van der Waals surface area contributed by atoms with Crippen LogP contribution >= 0.6 is 0 Å². The Bertz CT molecular complexity index is 991. The van der Waals surface area contributed by atoms with Crippen LogP contribution in [0.2, 0.25) is 0 Å². The number of rotatable bonds is 4. The first-order valence-corrected chi connectivity index (χ1v) is 8.81. The molecule has 7 heteroatoms. The number of ether oxygens (including phenoxy) is 1. The highest BCUT2D eigenvalue weighted by atomic mass is 16.5. The Balaban J connectivity index is 1.56. The molecule has 1 saturated heterocycles. The van der Waals surface area contributed by atoms with E-state index >= 15 is 0 Å². The SMILES string of the molecule is COc1cccc(C2CC(=O)NC(Nc3nc(C)c4ccccc4n3)N2)c1. The van der Waals surface area contributed by atoms with E-state index < -0.39 is 6.29 Å². The molecule has 4 rings (SSSR count). The maximum atomic E-state index is 12.2. The Morgan fingerprint density at radius 1 is 1.15 bits per heavy atom. The molecule has 1 aliphatic heterocycles. The first-order chi connectivity index (χ1) is 13.1. The summed E-state index contributed by atoms with van der Waals surface area (Å²) in [6.45, 7) is 1.95. The van der Waals surface area contributed by atoms with Gasteiger partial charge in [0, 0.05) is 17.8 Å². The summed E-state index contributed by atoms with van der Waals surface area (Å²) >= 11 is 0. The average molecular weight is 363 g/mol. The Morgan fingerprint density at radius 3 is 2.85 bits per heavy atom. The van der Waals surface area contributed by atoms with Crippen LogP contribution in [0, 0.1) is 6.92 Å². The van der Waals surface area contributed by atoms with E-state index in [0.717, 1.165) is 27.9 Å². The predicted molar refractivity (Wildman–Crippen MR) is 103 cm³/mol. The summed E-state index contributed by atoms with van der Waals surface area (Å²) in [5.41, 5.74) is 2.74. The smallest absolute Gasteiger partial charge is 0.226 e. The van der Waals surface area contributed by atoms with Gasteiger partial charge in [-0.3, -0.25) is 10.1 Å². The van der Waals surface area contributed by atoms with Gasteiger partial charge in [-0.15, -0.1) is 0 Å². The number of methoxy groups -OCH3 is 1. The molecule has 1 aromatic heterocycles. The number of carbonyl (C=O) groups excluding carboxylic acids is 1. The molecule has 2 aromatic carbocycles. The van der Waals surface area contributed by atoms with Crippen molar-refractivity contribution in [1.29, 1.82) is 0 Å². The van der Waals surface area contributed by atoms with E-state index in [9.17, 15) is 4.79 Å². The van der Waals surface area contributed by atoms with Gasteiger partial charge in [-0.1, -0.05) is 30.3 Å². The summed E-state index contributed by atoms with van der Waals surface area (Å²) in [4.78, 5) is 21.3. The van der Waals surface area contributed by atoms with Crippen LogP contribution in [0.1, 0.15) is 23.7 Å². The number of hydrogen-bond donors (Lipinski definition) is 3. The molecule has 3 N–H and O–H groups in total. The molecule has 0 radical (unpaired) electrons. The molecule has 2 unspecified atom stereocenters. The van der Waals surface area contributed by atoms with Crippen LogP contribution in [-0.4, -0.2) is 29.3 Å². The van der Waals surface area contributed by atoms with Crippen molar-refractivity contribution in [3.63, 3.8) is 0 Å². The average Bonchev–Trinajstić information content (AvgIpc) is 2.67. The van der Waals surface area contributed by atoms with Crippen LogP contribution in [-0.2, 0) is 4.79 Å². The minimum Gasteiger partial charge on any atom is -0.497 e. The van der Waals surface area contributed by atoms with Crippen LogP contribution < -0.4 is 20.7 Å². The number of benzene rings is 2. The molecule has 2 atom stereocenters. The minimum absolute atomic E-state index is 0.0448. The van der Waals surface area contributed by atoms with E-state index in [1.807, 2.05) is 55.5 Å². The molecule has 0 bridgehead atoms. The largest absolute Gasteiger partial charge is 0.497 e. The quantitative estimate of drug-likeness (QED) is 0.660. The van der Waals surface area contributed by atoms with Crippen LogP contribution in [0.15, 0.2) is 48.5 Å². The molecule has 27 heavy (non-hydrogen) atoms. The second-order valence-corrected chi connectivity index (χ2v) is 6.49. The van der Waals surface area contributed by atoms with E-state index in [2.05, 4.69) is 25.9 Å². The lowest BCUT2D eigenvalue weighted by Gasteiger charge is -2.32. The van der Waals surface area contributed by atoms with Gasteiger partial charge in [-0.25, -0.2) is 9.97 Å². The Labute approximate surface area is 157 Å². The lowest BCUT2D eigenvalue weighted by atomic mass is 10.0. The Hall–Kier alpha value is -3.19. The molecule has 7 nitrogen and oxygen atoms in total. The highest BCUT2D eigenvalue weighted by Gasteiger charge is 2.27. The van der Waals surface area contributed by atoms with Crippen LogP contribution in [0.5, 0.6) is 5.75 Å². The van der Waals surface area contributed by atoms with Gasteiger partial charge in [-0.05, 0) is 30.7 Å². The molecule has 138 valence electrons. The second-order valence-electron chi connectivity index (χ2n) is 6.49. The number of hydrogen-bond acceptors (Lipinski definition) is 6. The van der Waals surface area contributed by atoms with Gasteiger partial charge in [0.05, 0.1) is 18.3 Å². The standard InChI is InChI=1S/C20H21N5O2/c1-12-15-8-3-4-9-16(15)22-19(21-12)25-20-23-17(11-18(26)24-20)13-6-5-7-14(10-13)27-2/h3-10,17,20,23H,11H2,1-2H3,(H,24,26)(H,21,22,25). The van der Waals surface area contributed by atoms with E-state index in [4.69, 9.17) is 4.74 Å². The van der Waals surface area contributed by atoms with Gasteiger partial charge in [0.15, 0.2) is 6.29 Å². The molecule has 0 spiro atoms. The number of nitrogens with zero attached hydrogens (tertiary/aromatic N) is 2. The summed E-state index contributed by atoms with van der Waals surface area (Å²) in [6, 6.07) is 15.4. The van der Waals surface area contributed by atoms with Gasteiger partial charge >= 0.3 is 0 Å². The van der Waals surface area contributed by atoms with E-state index in [1.165, 1.54) is 0 Å². The van der Waals surface area contributed by atoms with Crippen molar-refractivity contribution < 1.29 is 9.53 Å². The molecule has 1 amide bonds. The number of aromatic nitrogens is 2. The maximum absolute atomic E-state index is 12.2. The van der Waals surface area contributed by atoms with E-state index in [-0.39, 0.29) is 11.9 Å². The van der Waals surface area contributed by atoms with E-state index in [1.54, 1.807) is 7.11 Å². The molecular weight excluding hydrogens is 342 g/mol. The number of para-hydroxylation sites is 1. The van der Waals surface area contributed by atoms with Crippen molar-refractivity contribution in [2.75, 3.05) is 12.4 Å². The van der Waals surface area contributed by atoms with E-state index in [0.29, 0.717) is 12.4 Å². The van der Waals surface area contributed by atoms with Crippen molar-refractivity contribution >= 4 is 22.8 Å². The number of nitrogens with one attached hydrogen (secondary N) is 3. The molecule has 0 aliphatic carbocycles. The van der Waals surface area contributed by atoms with Crippen molar-refractivity contribution in [2.24, 2.45) is 0 Å². The normalized spacial score (nSPS) is 19.6. The fourth-order valence-corrected chi connectivity index (χ4v) is 3.29. The predicted octanol–water partition coefficient (Wildman–Crippen LogP) is 2.49. The number of fused-ring (bicyclic) bond motifs is 1. The second kappa shape index (κ2) is 7.20. The fourth-order valence-electron chi connectivity index (χ4n) is 3.29. The van der Waals surface area contributed by atoms with Crippen LogP contribution in [0.3, 0.4) is 0 Å².